The Morgan fingerprint density at radius 1 is 1.25 bits per heavy atom. The molecule has 0 spiro atoms. The molecule has 0 aliphatic carbocycles. The van der Waals surface area contributed by atoms with Crippen LogP contribution in [-0.4, -0.2) is 18.1 Å². The minimum Gasteiger partial charge on any atom is -0.356 e. The molecule has 3 rings (SSSR count). The molecule has 1 saturated heterocycles. The van der Waals surface area contributed by atoms with Gasteiger partial charge in [-0.2, -0.15) is 5.26 Å². The van der Waals surface area contributed by atoms with Crippen LogP contribution in [0.4, 0.5) is 5.82 Å². The highest BCUT2D eigenvalue weighted by molar-refractivity contribution is 5.48. The first-order valence-corrected chi connectivity index (χ1v) is 6.95. The summed E-state index contributed by atoms with van der Waals surface area (Å²) >= 11 is 0. The Balaban J connectivity index is 1.81. The zero-order valence-corrected chi connectivity index (χ0v) is 11.6. The van der Waals surface area contributed by atoms with Crippen molar-refractivity contribution in [1.29, 1.82) is 5.26 Å². The average Bonchev–Trinajstić information content (AvgIpc) is 2.97. The van der Waals surface area contributed by atoms with Gasteiger partial charge in [-0.25, -0.2) is 4.98 Å². The van der Waals surface area contributed by atoms with Crippen molar-refractivity contribution in [1.82, 2.24) is 4.98 Å². The van der Waals surface area contributed by atoms with Crippen molar-refractivity contribution in [2.45, 2.75) is 19.3 Å². The minimum absolute atomic E-state index is 0.559. The van der Waals surface area contributed by atoms with Crippen LogP contribution in [0, 0.1) is 18.3 Å². The van der Waals surface area contributed by atoms with Crippen LogP contribution in [-0.2, 0) is 0 Å². The predicted molar refractivity (Wildman–Crippen MR) is 79.7 cm³/mol. The van der Waals surface area contributed by atoms with Gasteiger partial charge in [0.25, 0.3) is 0 Å². The first kappa shape index (κ1) is 12.7. The lowest BCUT2D eigenvalue weighted by Crippen LogP contribution is -2.20. The van der Waals surface area contributed by atoms with E-state index in [-0.39, 0.29) is 0 Å². The molecule has 1 aromatic heterocycles. The number of pyridine rings is 1. The molecule has 1 fully saturated rings. The first-order valence-electron chi connectivity index (χ1n) is 6.95. The quantitative estimate of drug-likeness (QED) is 0.835. The van der Waals surface area contributed by atoms with Gasteiger partial charge in [-0.1, -0.05) is 30.3 Å². The molecule has 0 amide bonds. The number of hydrogen-bond donors (Lipinski definition) is 0. The Hall–Kier alpha value is -2.34. The van der Waals surface area contributed by atoms with E-state index in [1.807, 2.05) is 19.1 Å². The summed E-state index contributed by atoms with van der Waals surface area (Å²) in [6, 6.07) is 16.6. The van der Waals surface area contributed by atoms with E-state index in [1.165, 1.54) is 5.56 Å². The molecule has 0 bridgehead atoms. The summed E-state index contributed by atoms with van der Waals surface area (Å²) < 4.78 is 0. The van der Waals surface area contributed by atoms with Crippen LogP contribution in [0.15, 0.2) is 42.5 Å². The Bertz CT molecular complexity index is 643. The number of aromatic nitrogens is 1. The second kappa shape index (κ2) is 5.34. The van der Waals surface area contributed by atoms with Crippen molar-refractivity contribution in [3.8, 4) is 6.07 Å². The summed E-state index contributed by atoms with van der Waals surface area (Å²) in [5, 5.41) is 9.06. The second-order valence-electron chi connectivity index (χ2n) is 5.31. The molecule has 3 heteroatoms. The minimum atomic E-state index is 0.559. The van der Waals surface area contributed by atoms with Crippen LogP contribution in [0.3, 0.4) is 0 Å². The van der Waals surface area contributed by atoms with Crippen LogP contribution in [0.25, 0.3) is 0 Å². The highest BCUT2D eigenvalue weighted by atomic mass is 15.2. The summed E-state index contributed by atoms with van der Waals surface area (Å²) in [6.45, 7) is 3.92. The lowest BCUT2D eigenvalue weighted by atomic mass is 9.99. The Kier molecular flexibility index (Phi) is 3.39. The summed E-state index contributed by atoms with van der Waals surface area (Å²) in [5.41, 5.74) is 2.99. The number of benzene rings is 1. The highest BCUT2D eigenvalue weighted by Crippen LogP contribution is 2.30. The maximum absolute atomic E-state index is 9.06. The molecule has 3 nitrogen and oxygen atoms in total. The molecule has 20 heavy (non-hydrogen) atoms. The molecule has 1 aliphatic heterocycles. The third kappa shape index (κ3) is 2.50. The van der Waals surface area contributed by atoms with Gasteiger partial charge < -0.3 is 4.90 Å². The van der Waals surface area contributed by atoms with E-state index in [9.17, 15) is 0 Å². The molecule has 0 N–H and O–H groups in total. The van der Waals surface area contributed by atoms with E-state index in [1.54, 1.807) is 0 Å². The molecular formula is C17H17N3. The average molecular weight is 263 g/mol. The van der Waals surface area contributed by atoms with E-state index < -0.39 is 0 Å². The Morgan fingerprint density at radius 2 is 2.05 bits per heavy atom. The second-order valence-corrected chi connectivity index (χ2v) is 5.31. The predicted octanol–water partition coefficient (Wildman–Crippen LogP) is 3.26. The van der Waals surface area contributed by atoms with E-state index in [4.69, 9.17) is 5.26 Å². The van der Waals surface area contributed by atoms with Gasteiger partial charge in [0.15, 0.2) is 0 Å². The standard InChI is InChI=1S/C17H17N3/c1-13-9-14(11-18)10-17(19-13)20-8-7-16(12-20)15-5-3-2-4-6-15/h2-6,9-10,16H,7-8,12H2,1H3. The van der Waals surface area contributed by atoms with Gasteiger partial charge in [0.2, 0.25) is 0 Å². The summed E-state index contributed by atoms with van der Waals surface area (Å²) in [4.78, 5) is 6.85. The van der Waals surface area contributed by atoms with Crippen molar-refractivity contribution in [2.75, 3.05) is 18.0 Å². The molecule has 2 aromatic rings. The monoisotopic (exact) mass is 263 g/mol. The highest BCUT2D eigenvalue weighted by Gasteiger charge is 2.24. The fourth-order valence-electron chi connectivity index (χ4n) is 2.84. The smallest absolute Gasteiger partial charge is 0.130 e. The van der Waals surface area contributed by atoms with Gasteiger partial charge in [-0.3, -0.25) is 0 Å². The molecule has 1 atom stereocenters. The van der Waals surface area contributed by atoms with Crippen molar-refractivity contribution < 1.29 is 0 Å². The van der Waals surface area contributed by atoms with Gasteiger partial charge in [0.1, 0.15) is 5.82 Å². The van der Waals surface area contributed by atoms with E-state index in [0.29, 0.717) is 11.5 Å². The molecule has 0 saturated carbocycles. The molecule has 1 unspecified atom stereocenters. The molecule has 0 radical (unpaired) electrons. The van der Waals surface area contributed by atoms with Crippen LogP contribution >= 0.6 is 0 Å². The maximum atomic E-state index is 9.06. The third-order valence-electron chi connectivity index (χ3n) is 3.85. The van der Waals surface area contributed by atoms with Gasteiger partial charge in [0, 0.05) is 24.7 Å². The molecule has 1 aromatic carbocycles. The molecular weight excluding hydrogens is 246 g/mol. The lowest BCUT2D eigenvalue weighted by Gasteiger charge is -2.18. The number of rotatable bonds is 2. The SMILES string of the molecule is Cc1cc(C#N)cc(N2CCC(c3ccccc3)C2)n1. The van der Waals surface area contributed by atoms with Gasteiger partial charge in [0.05, 0.1) is 11.6 Å². The third-order valence-corrected chi connectivity index (χ3v) is 3.85. The van der Waals surface area contributed by atoms with Crippen molar-refractivity contribution in [2.24, 2.45) is 0 Å². The van der Waals surface area contributed by atoms with E-state index >= 15 is 0 Å². The van der Waals surface area contributed by atoms with Crippen molar-refractivity contribution in [3.05, 3.63) is 59.3 Å². The first-order chi connectivity index (χ1) is 9.76. The molecule has 2 heterocycles. The van der Waals surface area contributed by atoms with Crippen molar-refractivity contribution >= 4 is 5.82 Å². The maximum Gasteiger partial charge on any atom is 0.130 e. The number of aryl methyl sites for hydroxylation is 1. The zero-order chi connectivity index (χ0) is 13.9. The fourth-order valence-corrected chi connectivity index (χ4v) is 2.84. The number of hydrogen-bond acceptors (Lipinski definition) is 3. The van der Waals surface area contributed by atoms with Crippen LogP contribution in [0.5, 0.6) is 0 Å². The van der Waals surface area contributed by atoms with E-state index in [0.717, 1.165) is 31.0 Å². The topological polar surface area (TPSA) is 39.9 Å². The normalized spacial score (nSPS) is 18.0. The fraction of sp³-hybridized carbons (Fsp3) is 0.294. The van der Waals surface area contributed by atoms with Gasteiger partial charge >= 0.3 is 0 Å². The van der Waals surface area contributed by atoms with Gasteiger partial charge in [-0.05, 0) is 31.0 Å². The summed E-state index contributed by atoms with van der Waals surface area (Å²) in [5.74, 6) is 1.49. The summed E-state index contributed by atoms with van der Waals surface area (Å²) in [7, 11) is 0. The number of nitriles is 1. The Labute approximate surface area is 119 Å². The van der Waals surface area contributed by atoms with Crippen molar-refractivity contribution in [3.63, 3.8) is 0 Å². The molecule has 1 aliphatic rings. The van der Waals surface area contributed by atoms with Crippen LogP contribution < -0.4 is 4.90 Å². The molecule has 100 valence electrons. The Morgan fingerprint density at radius 3 is 2.80 bits per heavy atom. The van der Waals surface area contributed by atoms with Crippen LogP contribution in [0.2, 0.25) is 0 Å². The summed E-state index contributed by atoms with van der Waals surface area (Å²) in [6.07, 6.45) is 1.14. The van der Waals surface area contributed by atoms with Gasteiger partial charge in [-0.15, -0.1) is 0 Å². The zero-order valence-electron chi connectivity index (χ0n) is 11.6. The largest absolute Gasteiger partial charge is 0.356 e. The van der Waals surface area contributed by atoms with Crippen LogP contribution in [0.1, 0.15) is 29.2 Å². The number of nitrogens with zero attached hydrogens (tertiary/aromatic N) is 3. The number of anilines is 1. The lowest BCUT2D eigenvalue weighted by molar-refractivity contribution is 0.774. The van der Waals surface area contributed by atoms with E-state index in [2.05, 4.69) is 46.3 Å².